The highest BCUT2D eigenvalue weighted by molar-refractivity contribution is 5.83. The van der Waals surface area contributed by atoms with Gasteiger partial charge in [0.1, 0.15) is 0 Å². The minimum absolute atomic E-state index is 0.0535. The molecule has 0 saturated heterocycles. The summed E-state index contributed by atoms with van der Waals surface area (Å²) in [6, 6.07) is 4.96. The molecule has 3 aromatic rings. The van der Waals surface area contributed by atoms with Crippen LogP contribution in [0, 0.1) is 5.41 Å². The highest BCUT2D eigenvalue weighted by atomic mass is 19.4. The lowest BCUT2D eigenvalue weighted by atomic mass is 10.0. The van der Waals surface area contributed by atoms with Crippen LogP contribution in [0.4, 0.5) is 26.3 Å². The predicted octanol–water partition coefficient (Wildman–Crippen LogP) is 4.76. The standard InChI is InChI=1S/C19H15F6N3O/c1-27-15-8-11(12-9-26-7-4-13(12)18(20,21)22)2-3-14(15)28(16(27)29)10-17(5-6-17)19(23,24)25/h2-4,7-9H,5-6,10H2,1H3. The maximum absolute atomic E-state index is 13.3. The number of aromatic nitrogens is 3. The Hall–Kier alpha value is -2.78. The molecule has 154 valence electrons. The Morgan fingerprint density at radius 3 is 2.34 bits per heavy atom. The second-order valence-corrected chi connectivity index (χ2v) is 7.33. The number of hydrogen-bond donors (Lipinski definition) is 0. The van der Waals surface area contributed by atoms with E-state index in [1.165, 1.54) is 25.2 Å². The number of nitrogens with zero attached hydrogens (tertiary/aromatic N) is 3. The van der Waals surface area contributed by atoms with Crippen LogP contribution in [0.15, 0.2) is 41.5 Å². The molecule has 0 aliphatic heterocycles. The molecule has 4 rings (SSSR count). The molecule has 0 spiro atoms. The minimum Gasteiger partial charge on any atom is -0.295 e. The number of aryl methyl sites for hydroxylation is 1. The van der Waals surface area contributed by atoms with E-state index in [4.69, 9.17) is 0 Å². The molecular formula is C19H15F6N3O. The topological polar surface area (TPSA) is 39.8 Å². The highest BCUT2D eigenvalue weighted by Crippen LogP contribution is 2.58. The number of benzene rings is 1. The lowest BCUT2D eigenvalue weighted by Gasteiger charge is -2.19. The number of pyridine rings is 1. The van der Waals surface area contributed by atoms with Crippen LogP contribution in [0.5, 0.6) is 0 Å². The molecule has 0 N–H and O–H groups in total. The molecule has 0 unspecified atom stereocenters. The molecule has 0 amide bonds. The first-order valence-electron chi connectivity index (χ1n) is 8.72. The maximum atomic E-state index is 13.3. The van der Waals surface area contributed by atoms with Gasteiger partial charge in [0.2, 0.25) is 0 Å². The van der Waals surface area contributed by atoms with E-state index >= 15 is 0 Å². The molecule has 2 heterocycles. The monoisotopic (exact) mass is 415 g/mol. The summed E-state index contributed by atoms with van der Waals surface area (Å²) in [5, 5.41) is 0. The highest BCUT2D eigenvalue weighted by Gasteiger charge is 2.63. The first-order chi connectivity index (χ1) is 13.4. The number of hydrogen-bond acceptors (Lipinski definition) is 2. The van der Waals surface area contributed by atoms with Crippen LogP contribution in [-0.2, 0) is 19.8 Å². The molecule has 10 heteroatoms. The van der Waals surface area contributed by atoms with Crippen molar-refractivity contribution in [3.63, 3.8) is 0 Å². The second-order valence-electron chi connectivity index (χ2n) is 7.33. The normalized spacial score (nSPS) is 16.4. The van der Waals surface area contributed by atoms with Crippen molar-refractivity contribution in [2.75, 3.05) is 0 Å². The number of alkyl halides is 6. The molecule has 1 fully saturated rings. The fourth-order valence-corrected chi connectivity index (χ4v) is 3.58. The zero-order valence-corrected chi connectivity index (χ0v) is 15.1. The van der Waals surface area contributed by atoms with Crippen molar-refractivity contribution in [1.82, 2.24) is 14.1 Å². The van der Waals surface area contributed by atoms with Crippen LogP contribution in [0.3, 0.4) is 0 Å². The van der Waals surface area contributed by atoms with Gasteiger partial charge in [0.15, 0.2) is 0 Å². The average Bonchev–Trinajstić information content (AvgIpc) is 3.41. The fourth-order valence-electron chi connectivity index (χ4n) is 3.58. The van der Waals surface area contributed by atoms with E-state index in [1.54, 1.807) is 0 Å². The third kappa shape index (κ3) is 3.10. The van der Waals surface area contributed by atoms with Crippen LogP contribution >= 0.6 is 0 Å². The Morgan fingerprint density at radius 2 is 1.76 bits per heavy atom. The van der Waals surface area contributed by atoms with Gasteiger partial charge in [-0.2, -0.15) is 26.3 Å². The summed E-state index contributed by atoms with van der Waals surface area (Å²) in [6.07, 6.45) is -7.03. The summed E-state index contributed by atoms with van der Waals surface area (Å²) < 4.78 is 82.1. The molecule has 1 aliphatic carbocycles. The van der Waals surface area contributed by atoms with E-state index in [0.717, 1.165) is 27.6 Å². The smallest absolute Gasteiger partial charge is 0.295 e. The van der Waals surface area contributed by atoms with E-state index in [9.17, 15) is 31.1 Å². The van der Waals surface area contributed by atoms with Gasteiger partial charge < -0.3 is 0 Å². The molecule has 1 saturated carbocycles. The number of fused-ring (bicyclic) bond motifs is 1. The molecule has 1 aliphatic rings. The fraction of sp³-hybridized carbons (Fsp3) is 0.368. The van der Waals surface area contributed by atoms with E-state index in [2.05, 4.69) is 4.98 Å². The first kappa shape index (κ1) is 19.5. The van der Waals surface area contributed by atoms with Crippen LogP contribution in [0.1, 0.15) is 18.4 Å². The number of rotatable bonds is 3. The summed E-state index contributed by atoms with van der Waals surface area (Å²) >= 11 is 0. The Bertz CT molecular complexity index is 1150. The lowest BCUT2D eigenvalue weighted by molar-refractivity contribution is -0.190. The van der Waals surface area contributed by atoms with Gasteiger partial charge in [0.05, 0.1) is 22.0 Å². The zero-order valence-electron chi connectivity index (χ0n) is 15.1. The molecule has 0 bridgehead atoms. The Kier molecular flexibility index (Phi) is 4.11. The number of imidazole rings is 1. The van der Waals surface area contributed by atoms with Gasteiger partial charge in [-0.15, -0.1) is 0 Å². The van der Waals surface area contributed by atoms with E-state index in [-0.39, 0.29) is 35.0 Å². The lowest BCUT2D eigenvalue weighted by Crippen LogP contribution is -2.33. The molecule has 0 radical (unpaired) electrons. The van der Waals surface area contributed by atoms with Gasteiger partial charge >= 0.3 is 18.0 Å². The SMILES string of the molecule is Cn1c(=O)n(CC2(C(F)(F)F)CC2)c2ccc(-c3cnccc3C(F)(F)F)cc21. The van der Waals surface area contributed by atoms with Crippen LogP contribution in [0.25, 0.3) is 22.2 Å². The van der Waals surface area contributed by atoms with E-state index in [0.29, 0.717) is 0 Å². The molecule has 0 atom stereocenters. The molecule has 29 heavy (non-hydrogen) atoms. The summed E-state index contributed by atoms with van der Waals surface area (Å²) in [4.78, 5) is 16.3. The second kappa shape index (κ2) is 6.11. The third-order valence-electron chi connectivity index (χ3n) is 5.50. The predicted molar refractivity (Wildman–Crippen MR) is 93.1 cm³/mol. The molecule has 4 nitrogen and oxygen atoms in total. The van der Waals surface area contributed by atoms with Gasteiger partial charge in [0, 0.05) is 31.5 Å². The third-order valence-corrected chi connectivity index (χ3v) is 5.50. The minimum atomic E-state index is -4.60. The summed E-state index contributed by atoms with van der Waals surface area (Å²) in [5.41, 5.74) is -2.95. The van der Waals surface area contributed by atoms with E-state index < -0.39 is 35.6 Å². The van der Waals surface area contributed by atoms with Gasteiger partial charge in [-0.3, -0.25) is 14.1 Å². The summed E-state index contributed by atoms with van der Waals surface area (Å²) in [6.45, 7) is -0.507. The number of halogens is 6. The van der Waals surface area contributed by atoms with Crippen molar-refractivity contribution < 1.29 is 26.3 Å². The Balaban J connectivity index is 1.84. The first-order valence-corrected chi connectivity index (χ1v) is 8.72. The van der Waals surface area contributed by atoms with E-state index in [1.807, 2.05) is 0 Å². The van der Waals surface area contributed by atoms with Gasteiger partial charge in [0.25, 0.3) is 0 Å². The van der Waals surface area contributed by atoms with Crippen molar-refractivity contribution >= 4 is 11.0 Å². The Labute approximate surface area is 160 Å². The molecular weight excluding hydrogens is 400 g/mol. The van der Waals surface area contributed by atoms with Crippen LogP contribution < -0.4 is 5.69 Å². The maximum Gasteiger partial charge on any atom is 0.417 e. The largest absolute Gasteiger partial charge is 0.417 e. The quantitative estimate of drug-likeness (QED) is 0.579. The van der Waals surface area contributed by atoms with Gasteiger partial charge in [-0.25, -0.2) is 4.79 Å². The van der Waals surface area contributed by atoms with Crippen molar-refractivity contribution in [2.45, 2.75) is 31.7 Å². The average molecular weight is 415 g/mol. The van der Waals surface area contributed by atoms with Crippen molar-refractivity contribution in [3.05, 3.63) is 52.7 Å². The molecule has 1 aromatic carbocycles. The summed E-state index contributed by atoms with van der Waals surface area (Å²) in [7, 11) is 1.38. The van der Waals surface area contributed by atoms with Crippen molar-refractivity contribution in [2.24, 2.45) is 12.5 Å². The Morgan fingerprint density at radius 1 is 1.07 bits per heavy atom. The van der Waals surface area contributed by atoms with Crippen molar-refractivity contribution in [3.8, 4) is 11.1 Å². The van der Waals surface area contributed by atoms with Crippen molar-refractivity contribution in [1.29, 1.82) is 0 Å². The zero-order chi connectivity index (χ0) is 21.2. The van der Waals surface area contributed by atoms with Crippen LogP contribution in [0.2, 0.25) is 0 Å². The molecule has 2 aromatic heterocycles. The summed E-state index contributed by atoms with van der Waals surface area (Å²) in [5.74, 6) is 0. The van der Waals surface area contributed by atoms with Crippen LogP contribution in [-0.4, -0.2) is 20.3 Å². The van der Waals surface area contributed by atoms with Gasteiger partial charge in [-0.1, -0.05) is 6.07 Å². The van der Waals surface area contributed by atoms with Gasteiger partial charge in [-0.05, 0) is 36.6 Å².